The normalized spacial score (nSPS) is 27.6. The molecular formula is C20H26F3NO4. The van der Waals surface area contributed by atoms with Crippen LogP contribution in [0.4, 0.5) is 18.0 Å². The highest BCUT2D eigenvalue weighted by Gasteiger charge is 2.51. The number of methoxy groups -OCH3 is 1. The van der Waals surface area contributed by atoms with E-state index >= 15 is 0 Å². The number of nitrogens with zero attached hydrogens (tertiary/aromatic N) is 1. The molecule has 2 aliphatic rings. The van der Waals surface area contributed by atoms with Crippen molar-refractivity contribution in [2.75, 3.05) is 7.11 Å². The summed E-state index contributed by atoms with van der Waals surface area (Å²) in [6.07, 6.45) is -3.00. The summed E-state index contributed by atoms with van der Waals surface area (Å²) in [5.74, 6) is -0.319. The van der Waals surface area contributed by atoms with Crippen molar-refractivity contribution < 1.29 is 32.5 Å². The van der Waals surface area contributed by atoms with E-state index in [0.717, 1.165) is 18.9 Å². The zero-order chi connectivity index (χ0) is 20.9. The van der Waals surface area contributed by atoms with Gasteiger partial charge in [-0.05, 0) is 51.3 Å². The second-order valence-electron chi connectivity index (χ2n) is 8.63. The van der Waals surface area contributed by atoms with Crippen molar-refractivity contribution in [3.05, 3.63) is 29.3 Å². The number of carbonyl (C=O) groups excluding carboxylic acids is 1. The number of hydrogen-bond donors (Lipinski definition) is 1. The van der Waals surface area contributed by atoms with E-state index in [1.165, 1.54) is 19.2 Å². The Balaban J connectivity index is 1.85. The van der Waals surface area contributed by atoms with Crippen LogP contribution in [0.25, 0.3) is 0 Å². The molecule has 1 N–H and O–H groups in total. The first-order valence-corrected chi connectivity index (χ1v) is 9.33. The fraction of sp³-hybridized carbons (Fsp3) is 0.650. The molecule has 0 aliphatic carbocycles. The first kappa shape index (κ1) is 20.8. The van der Waals surface area contributed by atoms with Gasteiger partial charge < -0.3 is 19.5 Å². The van der Waals surface area contributed by atoms with Crippen LogP contribution in [0.5, 0.6) is 5.75 Å². The Morgan fingerprint density at radius 3 is 2.21 bits per heavy atom. The molecular weight excluding hydrogens is 375 g/mol. The van der Waals surface area contributed by atoms with E-state index in [1.54, 1.807) is 25.7 Å². The highest BCUT2D eigenvalue weighted by molar-refractivity contribution is 5.70. The lowest BCUT2D eigenvalue weighted by molar-refractivity contribution is -0.138. The van der Waals surface area contributed by atoms with Crippen molar-refractivity contribution in [1.82, 2.24) is 4.90 Å². The van der Waals surface area contributed by atoms with Gasteiger partial charge in [-0.2, -0.15) is 13.2 Å². The van der Waals surface area contributed by atoms with Crippen LogP contribution in [0.1, 0.15) is 57.6 Å². The number of amides is 1. The number of alkyl halides is 3. The quantitative estimate of drug-likeness (QED) is 0.795. The Morgan fingerprint density at radius 1 is 1.18 bits per heavy atom. The van der Waals surface area contributed by atoms with Crippen LogP contribution in [-0.2, 0) is 16.5 Å². The van der Waals surface area contributed by atoms with Gasteiger partial charge in [-0.25, -0.2) is 4.79 Å². The number of halogens is 3. The number of benzene rings is 1. The molecule has 8 heteroatoms. The van der Waals surface area contributed by atoms with Gasteiger partial charge in [0.1, 0.15) is 11.4 Å². The molecule has 0 aromatic heterocycles. The van der Waals surface area contributed by atoms with Crippen molar-refractivity contribution in [1.29, 1.82) is 0 Å². The van der Waals surface area contributed by atoms with Crippen LogP contribution in [0.2, 0.25) is 0 Å². The lowest BCUT2D eigenvalue weighted by Crippen LogP contribution is -2.53. The van der Waals surface area contributed by atoms with Crippen molar-refractivity contribution in [2.45, 2.75) is 75.9 Å². The third kappa shape index (κ3) is 3.92. The van der Waals surface area contributed by atoms with Gasteiger partial charge >= 0.3 is 12.3 Å². The zero-order valence-electron chi connectivity index (χ0n) is 16.5. The number of ether oxygens (including phenoxy) is 2. The summed E-state index contributed by atoms with van der Waals surface area (Å²) < 4.78 is 49.7. The summed E-state index contributed by atoms with van der Waals surface area (Å²) in [6, 6.07) is 3.06. The summed E-state index contributed by atoms with van der Waals surface area (Å²) >= 11 is 0. The first-order valence-electron chi connectivity index (χ1n) is 9.33. The average Bonchev–Trinajstić information content (AvgIpc) is 2.84. The molecule has 1 aromatic rings. The molecule has 2 fully saturated rings. The molecule has 2 aliphatic heterocycles. The summed E-state index contributed by atoms with van der Waals surface area (Å²) in [6.45, 7) is 5.38. The van der Waals surface area contributed by atoms with Crippen LogP contribution in [-0.4, -0.2) is 40.9 Å². The van der Waals surface area contributed by atoms with Crippen molar-refractivity contribution >= 4 is 6.09 Å². The van der Waals surface area contributed by atoms with Gasteiger partial charge in [0.05, 0.1) is 18.3 Å². The molecule has 2 heterocycles. The maximum absolute atomic E-state index is 13.1. The van der Waals surface area contributed by atoms with Crippen LogP contribution >= 0.6 is 0 Å². The van der Waals surface area contributed by atoms with Crippen LogP contribution in [0, 0.1) is 0 Å². The second-order valence-corrected chi connectivity index (χ2v) is 8.63. The monoisotopic (exact) mass is 401 g/mol. The lowest BCUT2D eigenvalue weighted by atomic mass is 9.80. The number of rotatable bonds is 2. The first-order chi connectivity index (χ1) is 12.8. The second kappa shape index (κ2) is 6.83. The highest BCUT2D eigenvalue weighted by atomic mass is 19.4. The van der Waals surface area contributed by atoms with E-state index in [-0.39, 0.29) is 30.7 Å². The molecule has 2 saturated heterocycles. The number of hydrogen-bond acceptors (Lipinski definition) is 4. The molecule has 0 radical (unpaired) electrons. The van der Waals surface area contributed by atoms with E-state index in [0.29, 0.717) is 5.56 Å². The minimum atomic E-state index is -4.54. The summed E-state index contributed by atoms with van der Waals surface area (Å²) in [5, 5.41) is 11.3. The molecule has 1 amide bonds. The molecule has 2 unspecified atom stereocenters. The van der Waals surface area contributed by atoms with Gasteiger partial charge in [-0.15, -0.1) is 0 Å². The number of aliphatic hydroxyl groups is 1. The van der Waals surface area contributed by atoms with Gasteiger partial charge in [0.15, 0.2) is 0 Å². The van der Waals surface area contributed by atoms with E-state index in [2.05, 4.69) is 0 Å². The Morgan fingerprint density at radius 2 is 1.75 bits per heavy atom. The van der Waals surface area contributed by atoms with Crippen LogP contribution in [0.3, 0.4) is 0 Å². The Kier molecular flexibility index (Phi) is 5.06. The third-order valence-corrected chi connectivity index (χ3v) is 5.42. The molecule has 3 rings (SSSR count). The minimum absolute atomic E-state index is 0.216. The standard InChI is InChI=1S/C20H26F3NO4/c1-18(2,3)28-17(25)24-13-6-7-14(24)11-19(26,10-13)12-5-8-15(20(21,22)23)16(9-12)27-4/h5,8-9,13-14,26H,6-7,10-11H2,1-4H3. The molecule has 0 spiro atoms. The Bertz CT molecular complexity index is 743. The van der Waals surface area contributed by atoms with Crippen molar-refractivity contribution in [2.24, 2.45) is 0 Å². The molecule has 1 aromatic carbocycles. The molecule has 2 atom stereocenters. The van der Waals surface area contributed by atoms with Gasteiger partial charge in [0, 0.05) is 24.9 Å². The number of piperidine rings is 1. The average molecular weight is 401 g/mol. The highest BCUT2D eigenvalue weighted by Crippen LogP contribution is 2.47. The predicted octanol–water partition coefficient (Wildman–Crippen LogP) is 4.46. The van der Waals surface area contributed by atoms with E-state index in [9.17, 15) is 23.1 Å². The maximum Gasteiger partial charge on any atom is 0.419 e. The molecule has 2 bridgehead atoms. The summed E-state index contributed by atoms with van der Waals surface area (Å²) in [7, 11) is 1.17. The van der Waals surface area contributed by atoms with Gasteiger partial charge in [0.25, 0.3) is 0 Å². The molecule has 0 saturated carbocycles. The third-order valence-electron chi connectivity index (χ3n) is 5.42. The summed E-state index contributed by atoms with van der Waals surface area (Å²) in [5.41, 5.74) is -2.44. The van der Waals surface area contributed by atoms with E-state index < -0.39 is 29.0 Å². The fourth-order valence-corrected chi connectivity index (χ4v) is 4.29. The topological polar surface area (TPSA) is 59.0 Å². The SMILES string of the molecule is COc1cc(C2(O)CC3CCC(C2)N3C(=O)OC(C)(C)C)ccc1C(F)(F)F. The maximum atomic E-state index is 13.1. The van der Waals surface area contributed by atoms with Gasteiger partial charge in [-0.3, -0.25) is 0 Å². The van der Waals surface area contributed by atoms with Gasteiger partial charge in [0.2, 0.25) is 0 Å². The predicted molar refractivity (Wildman–Crippen MR) is 96.0 cm³/mol. The minimum Gasteiger partial charge on any atom is -0.496 e. The lowest BCUT2D eigenvalue weighted by Gasteiger charge is -2.44. The Hall–Kier alpha value is -1.96. The van der Waals surface area contributed by atoms with Crippen molar-refractivity contribution in [3.8, 4) is 5.75 Å². The smallest absolute Gasteiger partial charge is 0.419 e. The number of carbonyl (C=O) groups is 1. The Labute approximate surface area is 162 Å². The number of fused-ring (bicyclic) bond motifs is 2. The molecule has 156 valence electrons. The van der Waals surface area contributed by atoms with Crippen LogP contribution in [0.15, 0.2) is 18.2 Å². The fourth-order valence-electron chi connectivity index (χ4n) is 4.29. The summed E-state index contributed by atoms with van der Waals surface area (Å²) in [4.78, 5) is 14.2. The van der Waals surface area contributed by atoms with Crippen LogP contribution < -0.4 is 4.74 Å². The van der Waals surface area contributed by atoms with Crippen molar-refractivity contribution in [3.63, 3.8) is 0 Å². The zero-order valence-corrected chi connectivity index (χ0v) is 16.5. The van der Waals surface area contributed by atoms with Gasteiger partial charge in [-0.1, -0.05) is 6.07 Å². The molecule has 28 heavy (non-hydrogen) atoms. The van der Waals surface area contributed by atoms with E-state index in [4.69, 9.17) is 9.47 Å². The molecule has 5 nitrogen and oxygen atoms in total. The largest absolute Gasteiger partial charge is 0.496 e. The van der Waals surface area contributed by atoms with E-state index in [1.807, 2.05) is 0 Å².